The van der Waals surface area contributed by atoms with E-state index in [4.69, 9.17) is 0 Å². The monoisotopic (exact) mass is 483 g/mol. The highest BCUT2D eigenvalue weighted by molar-refractivity contribution is 5.64. The Morgan fingerprint density at radius 1 is 0.647 bits per heavy atom. The van der Waals surface area contributed by atoms with Crippen molar-refractivity contribution in [2.45, 2.75) is 161 Å². The highest BCUT2D eigenvalue weighted by Gasteiger charge is 2.19. The molecule has 0 aromatic heterocycles. The molecule has 0 aromatic carbocycles. The summed E-state index contributed by atoms with van der Waals surface area (Å²) in [5.41, 5.74) is 0. The number of rotatable bonds is 27. The third-order valence-corrected chi connectivity index (χ3v) is 7.24. The van der Waals surface area contributed by atoms with Gasteiger partial charge < -0.3 is 19.5 Å². The fraction of sp³-hybridized carbons (Fsp3) is 0.967. The summed E-state index contributed by atoms with van der Waals surface area (Å²) in [6, 6.07) is 0. The van der Waals surface area contributed by atoms with Crippen molar-refractivity contribution < 1.29 is 19.5 Å². The molecule has 0 bridgehead atoms. The summed E-state index contributed by atoms with van der Waals surface area (Å²) in [4.78, 5) is 10.5. The van der Waals surface area contributed by atoms with Gasteiger partial charge in [-0.15, -0.1) is 0 Å². The molecule has 0 amide bonds. The van der Waals surface area contributed by atoms with Gasteiger partial charge >= 0.3 is 0 Å². The first-order valence-corrected chi connectivity index (χ1v) is 15.1. The molecule has 1 atom stereocenters. The van der Waals surface area contributed by atoms with Crippen molar-refractivity contribution in [3.8, 4) is 0 Å². The van der Waals surface area contributed by atoms with Crippen LogP contribution in [0.4, 0.5) is 0 Å². The fourth-order valence-corrected chi connectivity index (χ4v) is 5.03. The van der Waals surface area contributed by atoms with Crippen LogP contribution in [-0.2, 0) is 4.79 Å². The van der Waals surface area contributed by atoms with Crippen LogP contribution in [0.1, 0.15) is 155 Å². The van der Waals surface area contributed by atoms with E-state index in [1.807, 2.05) is 0 Å². The highest BCUT2D eigenvalue weighted by atomic mass is 16.4. The lowest BCUT2D eigenvalue weighted by atomic mass is 10.0. The van der Waals surface area contributed by atoms with Crippen LogP contribution >= 0.6 is 0 Å². The number of aliphatic hydroxyl groups excluding tert-OH is 1. The zero-order valence-corrected chi connectivity index (χ0v) is 23.5. The Morgan fingerprint density at radius 2 is 1.00 bits per heavy atom. The first kappa shape index (κ1) is 33.4. The zero-order valence-electron chi connectivity index (χ0n) is 23.5. The topological polar surface area (TPSA) is 60.4 Å². The predicted molar refractivity (Wildman–Crippen MR) is 145 cm³/mol. The number of quaternary nitrogens is 1. The number of carbonyl (C=O) groups excluding carboxylic acids is 1. The van der Waals surface area contributed by atoms with Gasteiger partial charge in [-0.2, -0.15) is 0 Å². The number of likely N-dealkylation sites (N-methyl/N-ethyl adjacent to an activating group) is 1. The molecule has 0 fully saturated rings. The number of unbranched alkanes of at least 4 members (excludes halogenated alkanes) is 19. The Bertz CT molecular complexity index is 439. The number of hydrogen-bond acceptors (Lipinski definition) is 3. The van der Waals surface area contributed by atoms with E-state index in [1.165, 1.54) is 128 Å². The average Bonchev–Trinajstić information content (AvgIpc) is 2.77. The molecule has 0 saturated heterocycles. The Balaban J connectivity index is 3.32. The van der Waals surface area contributed by atoms with Gasteiger partial charge in [0.15, 0.2) is 0 Å². The van der Waals surface area contributed by atoms with Crippen LogP contribution in [0.25, 0.3) is 0 Å². The third-order valence-electron chi connectivity index (χ3n) is 7.24. The van der Waals surface area contributed by atoms with Crippen LogP contribution < -0.4 is 5.11 Å². The molecule has 0 aromatic rings. The van der Waals surface area contributed by atoms with Gasteiger partial charge in [-0.3, -0.25) is 0 Å². The zero-order chi connectivity index (χ0) is 25.3. The lowest BCUT2D eigenvalue weighted by Gasteiger charge is -2.32. The van der Waals surface area contributed by atoms with Crippen molar-refractivity contribution >= 4 is 5.97 Å². The molecule has 0 heterocycles. The maximum absolute atomic E-state index is 10.5. The number of hydrogen-bond donors (Lipinski definition) is 1. The largest absolute Gasteiger partial charge is 0.550 e. The maximum Gasteiger partial charge on any atom is 0.105 e. The van der Waals surface area contributed by atoms with Crippen molar-refractivity contribution in [3.05, 3.63) is 0 Å². The van der Waals surface area contributed by atoms with Gasteiger partial charge in [0.25, 0.3) is 0 Å². The molecule has 204 valence electrons. The molecule has 1 N–H and O–H groups in total. The summed E-state index contributed by atoms with van der Waals surface area (Å²) in [6.07, 6.45) is 28.7. The molecule has 0 rings (SSSR count). The Morgan fingerprint density at radius 3 is 1.35 bits per heavy atom. The Labute approximate surface area is 213 Å². The summed E-state index contributed by atoms with van der Waals surface area (Å²) in [5.74, 6) is -1.02. The first-order chi connectivity index (χ1) is 16.4. The van der Waals surface area contributed by atoms with Crippen LogP contribution in [0.2, 0.25) is 0 Å². The van der Waals surface area contributed by atoms with Crippen molar-refractivity contribution in [3.63, 3.8) is 0 Å². The Hall–Kier alpha value is -0.610. The van der Waals surface area contributed by atoms with E-state index >= 15 is 0 Å². The molecular weight excluding hydrogens is 422 g/mol. The fourth-order valence-electron chi connectivity index (χ4n) is 5.03. The summed E-state index contributed by atoms with van der Waals surface area (Å²) in [6.45, 7) is 4.07. The summed E-state index contributed by atoms with van der Waals surface area (Å²) in [5, 5.41) is 20.6. The molecule has 4 nitrogen and oxygen atoms in total. The van der Waals surface area contributed by atoms with E-state index in [0.29, 0.717) is 19.4 Å². The molecule has 0 spiro atoms. The minimum Gasteiger partial charge on any atom is -0.550 e. The number of aliphatic hydroxyl groups is 1. The van der Waals surface area contributed by atoms with Crippen LogP contribution in [0.5, 0.6) is 0 Å². The summed E-state index contributed by atoms with van der Waals surface area (Å²) in [7, 11) is 4.33. The lowest BCUT2D eigenvalue weighted by Crippen LogP contribution is -2.46. The predicted octanol–water partition coefficient (Wildman–Crippen LogP) is 7.17. The van der Waals surface area contributed by atoms with E-state index in [-0.39, 0.29) is 6.42 Å². The van der Waals surface area contributed by atoms with Crippen LogP contribution in [0.15, 0.2) is 0 Å². The van der Waals surface area contributed by atoms with Gasteiger partial charge in [0.1, 0.15) is 12.6 Å². The minimum atomic E-state index is -1.02. The van der Waals surface area contributed by atoms with Gasteiger partial charge in [0, 0.05) is 5.97 Å². The smallest absolute Gasteiger partial charge is 0.105 e. The van der Waals surface area contributed by atoms with Crippen molar-refractivity contribution in [1.82, 2.24) is 0 Å². The SMILES string of the molecule is CCCCCCCCCCCCCCCCCCCCCC[N+](C)(C)CC(O)CCCC(=O)[O-]. The summed E-state index contributed by atoms with van der Waals surface area (Å²) < 4.78 is 0.811. The van der Waals surface area contributed by atoms with Gasteiger partial charge in [-0.1, -0.05) is 122 Å². The molecule has 0 aliphatic rings. The maximum atomic E-state index is 10.5. The standard InChI is InChI=1S/C30H61NO3/c1-4-5-6-7-8-9-10-11-12-13-14-15-16-17-18-19-20-21-22-23-27-31(2,3)28-29(32)25-24-26-30(33)34/h29,32H,4-28H2,1-3H3. The van der Waals surface area contributed by atoms with Gasteiger partial charge in [-0.05, 0) is 32.1 Å². The van der Waals surface area contributed by atoms with Crippen LogP contribution in [-0.4, -0.2) is 48.8 Å². The molecular formula is C30H61NO3. The third kappa shape index (κ3) is 26.0. The quantitative estimate of drug-likeness (QED) is 0.0995. The molecule has 1 unspecified atom stereocenters. The van der Waals surface area contributed by atoms with Gasteiger partial charge in [-0.25, -0.2) is 0 Å². The second-order valence-corrected chi connectivity index (χ2v) is 11.5. The highest BCUT2D eigenvalue weighted by Crippen LogP contribution is 2.15. The molecule has 0 saturated carbocycles. The summed E-state index contributed by atoms with van der Waals surface area (Å²) >= 11 is 0. The second-order valence-electron chi connectivity index (χ2n) is 11.5. The molecule has 0 radical (unpaired) electrons. The van der Waals surface area contributed by atoms with Crippen molar-refractivity contribution in [2.24, 2.45) is 0 Å². The number of nitrogens with zero attached hydrogens (tertiary/aromatic N) is 1. The molecule has 4 heteroatoms. The van der Waals surface area contributed by atoms with Crippen molar-refractivity contribution in [2.75, 3.05) is 27.2 Å². The molecule has 34 heavy (non-hydrogen) atoms. The van der Waals surface area contributed by atoms with Crippen LogP contribution in [0, 0.1) is 0 Å². The van der Waals surface area contributed by atoms with Crippen molar-refractivity contribution in [1.29, 1.82) is 0 Å². The average molecular weight is 484 g/mol. The number of carboxylic acids is 1. The van der Waals surface area contributed by atoms with Gasteiger partial charge in [0.2, 0.25) is 0 Å². The van der Waals surface area contributed by atoms with E-state index in [9.17, 15) is 15.0 Å². The van der Waals surface area contributed by atoms with Crippen LogP contribution in [0.3, 0.4) is 0 Å². The molecule has 0 aliphatic carbocycles. The molecule has 0 aliphatic heterocycles. The first-order valence-electron chi connectivity index (χ1n) is 15.1. The van der Waals surface area contributed by atoms with E-state index in [0.717, 1.165) is 11.0 Å². The number of carbonyl (C=O) groups is 1. The number of carboxylic acid groups (broad SMARTS) is 1. The van der Waals surface area contributed by atoms with E-state index in [2.05, 4.69) is 21.0 Å². The normalized spacial score (nSPS) is 12.8. The van der Waals surface area contributed by atoms with E-state index < -0.39 is 12.1 Å². The number of aliphatic carboxylic acids is 1. The second kappa shape index (κ2) is 24.1. The lowest BCUT2D eigenvalue weighted by molar-refractivity contribution is -0.893. The minimum absolute atomic E-state index is 0.0455. The van der Waals surface area contributed by atoms with Gasteiger partial charge in [0.05, 0.1) is 20.6 Å². The van der Waals surface area contributed by atoms with E-state index in [1.54, 1.807) is 0 Å². The Kier molecular flexibility index (Phi) is 23.7.